The molecule has 3 rings (SSSR count). The molecular weight excluding hydrogens is 624 g/mol. The molecular formula is C33H47BrN2O4Si2. The van der Waals surface area contributed by atoms with Gasteiger partial charge >= 0.3 is 0 Å². The number of anilines is 1. The second-order valence-corrected chi connectivity index (χ2v) is 23.4. The lowest BCUT2D eigenvalue weighted by Gasteiger charge is -2.46. The molecule has 42 heavy (non-hydrogen) atoms. The van der Waals surface area contributed by atoms with E-state index in [1.54, 1.807) is 13.0 Å². The van der Waals surface area contributed by atoms with E-state index in [2.05, 4.69) is 124 Å². The van der Waals surface area contributed by atoms with Crippen LogP contribution in [0.4, 0.5) is 11.4 Å². The third-order valence-electron chi connectivity index (χ3n) is 8.53. The van der Waals surface area contributed by atoms with Crippen molar-refractivity contribution in [1.29, 1.82) is 0 Å². The van der Waals surface area contributed by atoms with Crippen LogP contribution in [-0.4, -0.2) is 40.8 Å². The minimum Gasteiger partial charge on any atom is -0.414 e. The third-order valence-corrected chi connectivity index (χ3v) is 19.0. The van der Waals surface area contributed by atoms with Gasteiger partial charge in [-0.1, -0.05) is 118 Å². The Morgan fingerprint density at radius 3 is 1.86 bits per heavy atom. The summed E-state index contributed by atoms with van der Waals surface area (Å²) < 4.78 is 15.0. The SMILES string of the molecule is Cc1c(Br)ccc(NCC[C@@H](CO[Si](C)(C)C(C)(C)C)O[Si](c2ccccc2)(c2ccccc2)C(C)(C)C)c1[N+](=O)[O-]. The van der Waals surface area contributed by atoms with Crippen molar-refractivity contribution in [2.45, 2.75) is 84.2 Å². The van der Waals surface area contributed by atoms with Crippen molar-refractivity contribution in [3.63, 3.8) is 0 Å². The zero-order chi connectivity index (χ0) is 31.3. The molecule has 1 N–H and O–H groups in total. The second kappa shape index (κ2) is 13.6. The number of rotatable bonds is 12. The molecule has 6 nitrogen and oxygen atoms in total. The third kappa shape index (κ3) is 7.60. The lowest BCUT2D eigenvalue weighted by molar-refractivity contribution is -0.384. The first kappa shape index (κ1) is 34.2. The van der Waals surface area contributed by atoms with Gasteiger partial charge in [0.2, 0.25) is 0 Å². The van der Waals surface area contributed by atoms with Crippen LogP contribution in [0.5, 0.6) is 0 Å². The van der Waals surface area contributed by atoms with Gasteiger partial charge in [-0.05, 0) is 59.0 Å². The fraction of sp³-hybridized carbons (Fsp3) is 0.455. The molecule has 0 amide bonds. The van der Waals surface area contributed by atoms with E-state index in [1.165, 1.54) is 10.4 Å². The van der Waals surface area contributed by atoms with Crippen molar-refractivity contribution < 1.29 is 13.8 Å². The Labute approximate surface area is 262 Å². The summed E-state index contributed by atoms with van der Waals surface area (Å²) >= 11 is 3.43. The van der Waals surface area contributed by atoms with Crippen LogP contribution in [0.3, 0.4) is 0 Å². The molecule has 0 aromatic heterocycles. The van der Waals surface area contributed by atoms with Crippen LogP contribution >= 0.6 is 15.9 Å². The zero-order valence-electron chi connectivity index (χ0n) is 26.6. The quantitative estimate of drug-likeness (QED) is 0.119. The van der Waals surface area contributed by atoms with E-state index in [-0.39, 0.29) is 26.8 Å². The van der Waals surface area contributed by atoms with E-state index in [4.69, 9.17) is 8.85 Å². The second-order valence-electron chi connectivity index (χ2n) is 13.5. The molecule has 0 saturated carbocycles. The maximum atomic E-state index is 11.9. The smallest absolute Gasteiger partial charge is 0.296 e. The van der Waals surface area contributed by atoms with Gasteiger partial charge in [-0.25, -0.2) is 0 Å². The van der Waals surface area contributed by atoms with Crippen LogP contribution in [0.1, 0.15) is 53.5 Å². The van der Waals surface area contributed by atoms with Crippen LogP contribution in [0.25, 0.3) is 0 Å². The van der Waals surface area contributed by atoms with E-state index in [1.807, 2.05) is 18.2 Å². The highest BCUT2D eigenvalue weighted by atomic mass is 79.9. The lowest BCUT2D eigenvalue weighted by Crippen LogP contribution is -2.68. The summed E-state index contributed by atoms with van der Waals surface area (Å²) in [5.74, 6) is 0. The van der Waals surface area contributed by atoms with Gasteiger partial charge in [-0.3, -0.25) is 10.1 Å². The van der Waals surface area contributed by atoms with Crippen LogP contribution in [0.15, 0.2) is 77.3 Å². The summed E-state index contributed by atoms with van der Waals surface area (Å²) in [4.78, 5) is 11.6. The van der Waals surface area contributed by atoms with E-state index >= 15 is 0 Å². The molecule has 0 spiro atoms. The van der Waals surface area contributed by atoms with Crippen molar-refractivity contribution >= 4 is 54.3 Å². The van der Waals surface area contributed by atoms with Crippen molar-refractivity contribution in [2.24, 2.45) is 0 Å². The largest absolute Gasteiger partial charge is 0.414 e. The highest BCUT2D eigenvalue weighted by molar-refractivity contribution is 9.10. The lowest BCUT2D eigenvalue weighted by atomic mass is 10.1. The molecule has 9 heteroatoms. The number of halogens is 1. The Bertz CT molecular complexity index is 1300. The summed E-state index contributed by atoms with van der Waals surface area (Å²) in [5.41, 5.74) is 1.20. The fourth-order valence-electron chi connectivity index (χ4n) is 5.06. The van der Waals surface area contributed by atoms with Gasteiger partial charge < -0.3 is 14.2 Å². The molecule has 0 bridgehead atoms. The summed E-state index contributed by atoms with van der Waals surface area (Å²) in [7, 11) is -4.90. The topological polar surface area (TPSA) is 73.6 Å². The van der Waals surface area contributed by atoms with Gasteiger partial charge in [-0.2, -0.15) is 0 Å². The molecule has 0 heterocycles. The minimum atomic E-state index is -2.84. The summed E-state index contributed by atoms with van der Waals surface area (Å²) in [6.45, 7) is 20.8. The normalized spacial score (nSPS) is 13.6. The van der Waals surface area contributed by atoms with Crippen LogP contribution in [0.2, 0.25) is 23.2 Å². The molecule has 3 aromatic carbocycles. The number of hydrogen-bond acceptors (Lipinski definition) is 5. The molecule has 3 aromatic rings. The highest BCUT2D eigenvalue weighted by Crippen LogP contribution is 2.40. The van der Waals surface area contributed by atoms with Crippen molar-refractivity contribution in [3.8, 4) is 0 Å². The number of benzene rings is 3. The van der Waals surface area contributed by atoms with Gasteiger partial charge in [0.1, 0.15) is 5.69 Å². The number of nitrogens with one attached hydrogen (secondary N) is 1. The molecule has 0 aliphatic rings. The molecule has 228 valence electrons. The molecule has 0 aliphatic heterocycles. The van der Waals surface area contributed by atoms with Crippen LogP contribution in [-0.2, 0) is 8.85 Å². The first-order valence-corrected chi connectivity index (χ1v) is 20.2. The summed E-state index contributed by atoms with van der Waals surface area (Å²) in [5, 5.41) is 17.6. The Kier molecular flexibility index (Phi) is 11.0. The first-order chi connectivity index (χ1) is 19.5. The van der Waals surface area contributed by atoms with Crippen molar-refractivity contribution in [3.05, 3.63) is 92.9 Å². The van der Waals surface area contributed by atoms with E-state index in [0.717, 1.165) is 4.47 Å². The molecule has 0 radical (unpaired) electrons. The van der Waals surface area contributed by atoms with Gasteiger partial charge in [0.05, 0.1) is 17.6 Å². The summed E-state index contributed by atoms with van der Waals surface area (Å²) in [6.07, 6.45) is 0.402. The maximum absolute atomic E-state index is 11.9. The maximum Gasteiger partial charge on any atom is 0.296 e. The van der Waals surface area contributed by atoms with E-state index in [9.17, 15) is 10.1 Å². The van der Waals surface area contributed by atoms with E-state index < -0.39 is 16.6 Å². The summed E-state index contributed by atoms with van der Waals surface area (Å²) in [6, 6.07) is 24.9. The molecule has 0 fully saturated rings. The molecule has 0 saturated heterocycles. The van der Waals surface area contributed by atoms with E-state index in [0.29, 0.717) is 30.8 Å². The standard InChI is InChI=1S/C33H47BrN2O4Si2/c1-25-29(34)20-21-30(31(25)36(37)38)35-23-22-26(24-39-41(8,9)32(2,3)4)40-42(33(5,6)7,27-16-12-10-13-17-27)28-18-14-11-15-19-28/h10-21,26,35H,22-24H2,1-9H3/t26-/m0/s1. The monoisotopic (exact) mass is 670 g/mol. The zero-order valence-corrected chi connectivity index (χ0v) is 30.2. The predicted octanol–water partition coefficient (Wildman–Crippen LogP) is 8.43. The van der Waals surface area contributed by atoms with Gasteiger partial charge in [-0.15, -0.1) is 0 Å². The minimum absolute atomic E-state index is 0.0583. The number of nitrogens with zero attached hydrogens (tertiary/aromatic N) is 1. The van der Waals surface area contributed by atoms with Crippen molar-refractivity contribution in [1.82, 2.24) is 0 Å². The Balaban J connectivity index is 2.03. The van der Waals surface area contributed by atoms with Gasteiger partial charge in [0.25, 0.3) is 14.0 Å². The number of hydrogen-bond donors (Lipinski definition) is 1. The number of nitro benzene ring substituents is 1. The average molecular weight is 672 g/mol. The fourth-order valence-corrected chi connectivity index (χ4v) is 11.1. The van der Waals surface area contributed by atoms with Crippen molar-refractivity contribution in [2.75, 3.05) is 18.5 Å². The van der Waals surface area contributed by atoms with Crippen LogP contribution < -0.4 is 15.7 Å². The molecule has 1 atom stereocenters. The Morgan fingerprint density at radius 2 is 1.40 bits per heavy atom. The van der Waals surface area contributed by atoms with Gasteiger partial charge in [0, 0.05) is 16.6 Å². The van der Waals surface area contributed by atoms with Crippen LogP contribution in [0, 0.1) is 17.0 Å². The molecule has 0 aliphatic carbocycles. The Hall–Kier alpha value is -2.31. The predicted molar refractivity (Wildman–Crippen MR) is 184 cm³/mol. The average Bonchev–Trinajstić information content (AvgIpc) is 2.91. The number of nitro groups is 1. The first-order valence-electron chi connectivity index (χ1n) is 14.6. The van der Waals surface area contributed by atoms with Gasteiger partial charge in [0.15, 0.2) is 8.32 Å². The Morgan fingerprint density at radius 1 is 0.881 bits per heavy atom. The molecule has 0 unspecified atom stereocenters. The highest BCUT2D eigenvalue weighted by Gasteiger charge is 2.51.